The van der Waals surface area contributed by atoms with Crippen molar-refractivity contribution in [1.82, 2.24) is 5.32 Å². The molecule has 3 atom stereocenters. The summed E-state index contributed by atoms with van der Waals surface area (Å²) in [7, 11) is 1.42. The maximum Gasteiger partial charge on any atom is 0.251 e. The Morgan fingerprint density at radius 1 is 1.22 bits per heavy atom. The lowest BCUT2D eigenvalue weighted by molar-refractivity contribution is 0.0659. The SMILES string of the molecule is CC[C@]1(c2ccccc2)Oc2cc(F)c(Cl)c(-c3c(C(=O)NC)ccc(OC[C@H](C)O)c3F)c2[C@@H]1C. The van der Waals surface area contributed by atoms with Crippen molar-refractivity contribution in [2.75, 3.05) is 13.7 Å². The van der Waals surface area contributed by atoms with E-state index in [1.54, 1.807) is 0 Å². The molecular weight excluding hydrogens is 488 g/mol. The summed E-state index contributed by atoms with van der Waals surface area (Å²) in [6.45, 7) is 5.22. The molecule has 0 aromatic heterocycles. The lowest BCUT2D eigenvalue weighted by atomic mass is 9.76. The fraction of sp³-hybridized carbons (Fsp3) is 0.321. The van der Waals surface area contributed by atoms with Crippen molar-refractivity contribution in [3.63, 3.8) is 0 Å². The van der Waals surface area contributed by atoms with Crippen LogP contribution in [-0.2, 0) is 5.60 Å². The number of rotatable bonds is 7. The second-order valence-corrected chi connectivity index (χ2v) is 9.31. The third kappa shape index (κ3) is 4.20. The van der Waals surface area contributed by atoms with Gasteiger partial charge in [0, 0.05) is 35.7 Å². The molecule has 1 aliphatic rings. The minimum absolute atomic E-state index is 0.0324. The third-order valence-electron chi connectivity index (χ3n) is 6.74. The Hall–Kier alpha value is -3.16. The summed E-state index contributed by atoms with van der Waals surface area (Å²) in [5, 5.41) is 11.8. The molecule has 36 heavy (non-hydrogen) atoms. The first-order chi connectivity index (χ1) is 17.2. The molecule has 0 bridgehead atoms. The molecule has 5 nitrogen and oxygen atoms in total. The van der Waals surface area contributed by atoms with Crippen LogP contribution in [0.2, 0.25) is 5.02 Å². The summed E-state index contributed by atoms with van der Waals surface area (Å²) < 4.78 is 43.2. The van der Waals surface area contributed by atoms with Crippen molar-refractivity contribution in [3.8, 4) is 22.6 Å². The summed E-state index contributed by atoms with van der Waals surface area (Å²) >= 11 is 6.52. The average molecular weight is 516 g/mol. The van der Waals surface area contributed by atoms with E-state index >= 15 is 8.78 Å². The van der Waals surface area contributed by atoms with E-state index in [9.17, 15) is 9.90 Å². The number of amides is 1. The molecule has 0 fully saturated rings. The van der Waals surface area contributed by atoms with Gasteiger partial charge in [-0.25, -0.2) is 8.78 Å². The number of carbonyl (C=O) groups is 1. The number of hydrogen-bond donors (Lipinski definition) is 2. The van der Waals surface area contributed by atoms with Crippen LogP contribution in [0.3, 0.4) is 0 Å². The number of nitrogens with one attached hydrogen (secondary N) is 1. The number of aliphatic hydroxyl groups excluding tert-OH is 1. The van der Waals surface area contributed by atoms with Crippen LogP contribution in [0.1, 0.15) is 54.6 Å². The first-order valence-corrected chi connectivity index (χ1v) is 12.2. The highest BCUT2D eigenvalue weighted by molar-refractivity contribution is 6.34. The normalized spacial score (nSPS) is 19.4. The van der Waals surface area contributed by atoms with Gasteiger partial charge < -0.3 is 19.9 Å². The summed E-state index contributed by atoms with van der Waals surface area (Å²) in [5.41, 5.74) is 0.371. The Labute approximate surface area is 214 Å². The van der Waals surface area contributed by atoms with Crippen molar-refractivity contribution < 1.29 is 28.2 Å². The summed E-state index contributed by atoms with van der Waals surface area (Å²) in [6.07, 6.45) is -0.300. The van der Waals surface area contributed by atoms with Crippen LogP contribution in [0.5, 0.6) is 11.5 Å². The minimum atomic E-state index is -0.882. The average Bonchev–Trinajstić information content (AvgIpc) is 3.16. The smallest absolute Gasteiger partial charge is 0.251 e. The Balaban J connectivity index is 2.01. The van der Waals surface area contributed by atoms with Crippen molar-refractivity contribution in [2.45, 2.75) is 44.8 Å². The number of aliphatic hydroxyl groups is 1. The predicted molar refractivity (Wildman–Crippen MR) is 135 cm³/mol. The van der Waals surface area contributed by atoms with Crippen LogP contribution >= 0.6 is 11.6 Å². The molecule has 1 heterocycles. The monoisotopic (exact) mass is 515 g/mol. The maximum absolute atomic E-state index is 16.1. The van der Waals surface area contributed by atoms with Crippen LogP contribution in [0.4, 0.5) is 8.78 Å². The van der Waals surface area contributed by atoms with Gasteiger partial charge in [0.15, 0.2) is 11.6 Å². The summed E-state index contributed by atoms with van der Waals surface area (Å²) in [5.74, 6) is -2.57. The van der Waals surface area contributed by atoms with Gasteiger partial charge in [-0.3, -0.25) is 4.79 Å². The number of hydrogen-bond acceptors (Lipinski definition) is 4. The van der Waals surface area contributed by atoms with Gasteiger partial charge >= 0.3 is 0 Å². The molecule has 8 heteroatoms. The van der Waals surface area contributed by atoms with E-state index < -0.39 is 29.2 Å². The quantitative estimate of drug-likeness (QED) is 0.393. The van der Waals surface area contributed by atoms with E-state index in [4.69, 9.17) is 21.1 Å². The van der Waals surface area contributed by atoms with Gasteiger partial charge in [0.1, 0.15) is 23.8 Å². The highest BCUT2D eigenvalue weighted by atomic mass is 35.5. The molecule has 1 amide bonds. The molecule has 0 unspecified atom stereocenters. The Morgan fingerprint density at radius 3 is 2.53 bits per heavy atom. The van der Waals surface area contributed by atoms with E-state index in [0.717, 1.165) is 5.56 Å². The number of carbonyl (C=O) groups excluding carboxylic acids is 1. The molecule has 0 spiro atoms. The molecule has 0 saturated carbocycles. The molecule has 0 radical (unpaired) electrons. The van der Waals surface area contributed by atoms with Gasteiger partial charge in [-0.1, -0.05) is 55.8 Å². The lowest BCUT2D eigenvalue weighted by Gasteiger charge is -2.33. The Kier molecular flexibility index (Phi) is 7.25. The largest absolute Gasteiger partial charge is 0.488 e. The van der Waals surface area contributed by atoms with Crippen LogP contribution in [-0.4, -0.2) is 30.8 Å². The molecular formula is C28H28ClF2NO4. The van der Waals surface area contributed by atoms with Crippen LogP contribution in [0, 0.1) is 11.6 Å². The van der Waals surface area contributed by atoms with E-state index in [1.165, 1.54) is 32.2 Å². The molecule has 0 saturated heterocycles. The number of halogens is 3. The second-order valence-electron chi connectivity index (χ2n) is 8.93. The second kappa shape index (κ2) is 10.1. The predicted octanol–water partition coefficient (Wildman–Crippen LogP) is 6.21. The van der Waals surface area contributed by atoms with Crippen molar-refractivity contribution >= 4 is 17.5 Å². The number of ether oxygens (including phenoxy) is 2. The topological polar surface area (TPSA) is 67.8 Å². The first kappa shape index (κ1) is 25.9. The highest BCUT2D eigenvalue weighted by Crippen LogP contribution is 2.57. The zero-order valence-corrected chi connectivity index (χ0v) is 21.2. The minimum Gasteiger partial charge on any atom is -0.488 e. The third-order valence-corrected chi connectivity index (χ3v) is 7.11. The van der Waals surface area contributed by atoms with Crippen molar-refractivity contribution in [1.29, 1.82) is 0 Å². The molecule has 3 aromatic rings. The van der Waals surface area contributed by atoms with Gasteiger partial charge in [0.25, 0.3) is 5.91 Å². The first-order valence-electron chi connectivity index (χ1n) is 11.8. The van der Waals surface area contributed by atoms with E-state index in [0.29, 0.717) is 12.0 Å². The number of benzene rings is 3. The van der Waals surface area contributed by atoms with Crippen molar-refractivity contribution in [2.24, 2.45) is 0 Å². The molecule has 3 aromatic carbocycles. The standard InChI is InChI=1S/C28H28ClF2NO4/c1-5-28(17-9-7-6-8-10-17)16(3)22-21(36-28)13-19(30)25(29)24(22)23-18(27(34)32-4)11-12-20(26(23)31)35-14-15(2)33/h6-13,15-16,33H,5,14H2,1-4H3,(H,32,34)/t15-,16-,28-/m0/s1. The molecule has 4 rings (SSSR count). The summed E-state index contributed by atoms with van der Waals surface area (Å²) in [4.78, 5) is 12.8. The van der Waals surface area contributed by atoms with Gasteiger partial charge in [-0.15, -0.1) is 0 Å². The Morgan fingerprint density at radius 2 is 1.92 bits per heavy atom. The maximum atomic E-state index is 16.1. The Bertz CT molecular complexity index is 1300. The number of fused-ring (bicyclic) bond motifs is 1. The van der Waals surface area contributed by atoms with E-state index in [-0.39, 0.29) is 45.7 Å². The van der Waals surface area contributed by atoms with Gasteiger partial charge in [0.2, 0.25) is 0 Å². The van der Waals surface area contributed by atoms with Crippen molar-refractivity contribution in [3.05, 3.63) is 81.9 Å². The van der Waals surface area contributed by atoms with Crippen LogP contribution in [0.25, 0.3) is 11.1 Å². The highest BCUT2D eigenvalue weighted by Gasteiger charge is 2.48. The van der Waals surface area contributed by atoms with Gasteiger partial charge in [-0.05, 0) is 31.0 Å². The van der Waals surface area contributed by atoms with Gasteiger partial charge in [0.05, 0.1) is 16.7 Å². The lowest BCUT2D eigenvalue weighted by Crippen LogP contribution is -2.33. The molecule has 190 valence electrons. The molecule has 0 aliphatic carbocycles. The zero-order chi connectivity index (χ0) is 26.2. The van der Waals surface area contributed by atoms with Crippen LogP contribution in [0.15, 0.2) is 48.5 Å². The zero-order valence-electron chi connectivity index (χ0n) is 20.5. The fourth-order valence-corrected chi connectivity index (χ4v) is 5.20. The van der Waals surface area contributed by atoms with Gasteiger partial charge in [-0.2, -0.15) is 0 Å². The van der Waals surface area contributed by atoms with Crippen LogP contribution < -0.4 is 14.8 Å². The fourth-order valence-electron chi connectivity index (χ4n) is 4.95. The van der Waals surface area contributed by atoms with E-state index in [1.807, 2.05) is 44.2 Å². The molecule has 2 N–H and O–H groups in total. The van der Waals surface area contributed by atoms with E-state index in [2.05, 4.69) is 5.32 Å². The summed E-state index contributed by atoms with van der Waals surface area (Å²) in [6, 6.07) is 13.5. The molecule has 1 aliphatic heterocycles.